The van der Waals surface area contributed by atoms with Crippen LogP contribution in [-0.4, -0.2) is 66.4 Å². The lowest BCUT2D eigenvalue weighted by atomic mass is 10.1. The lowest BCUT2D eigenvalue weighted by molar-refractivity contribution is -0.127. The normalized spacial score (nSPS) is 12.0. The van der Waals surface area contributed by atoms with Gasteiger partial charge in [-0.05, 0) is 119 Å². The van der Waals surface area contributed by atoms with Gasteiger partial charge < -0.3 is 30.7 Å². The average Bonchev–Trinajstić information content (AvgIpc) is 3.31. The van der Waals surface area contributed by atoms with Gasteiger partial charge in [0, 0.05) is 50.9 Å². The van der Waals surface area contributed by atoms with Crippen molar-refractivity contribution in [3.05, 3.63) is 129 Å². The quantitative estimate of drug-likeness (QED) is 0.0296. The van der Waals surface area contributed by atoms with Crippen LogP contribution in [-0.2, 0) is 37.4 Å². The number of carbonyl (C=O) groups is 6. The molecule has 21 heteroatoms. The molecule has 2 atom stereocenters. The van der Waals surface area contributed by atoms with Crippen molar-refractivity contribution >= 4 is 127 Å². The standard InChI is InChI=1S/C48H45Cl5N8O8/c1-5-68-41-11-7-9-37(32(41)24-50)56-45(64)29-13-16-34(52)39(22-29)58-60-43(26(3)62)47(66)54-31-15-18-36(28(21-31)19-20-49)55-48(67)44(27(4)63)61-59-40-23-30(14-17-35(40)53)46(65)57-38-10-8-12-42(69-6-2)33(38)25-51/h7-18,21-23,43-44H,5-6,19-20,24-25H2,1-4H3,(H,54,66)(H,55,67)(H,56,64)(H,57,65). The van der Waals surface area contributed by atoms with E-state index in [2.05, 4.69) is 41.7 Å². The third kappa shape index (κ3) is 14.3. The number of carbonyl (C=O) groups excluding carboxylic acids is 6. The zero-order chi connectivity index (χ0) is 50.2. The van der Waals surface area contributed by atoms with E-state index in [1.165, 1.54) is 54.6 Å². The lowest BCUT2D eigenvalue weighted by Crippen LogP contribution is -2.32. The number of amides is 4. The molecular formula is C48H45Cl5N8O8. The summed E-state index contributed by atoms with van der Waals surface area (Å²) in [6, 6.07) is 19.9. The van der Waals surface area contributed by atoms with E-state index in [1.807, 2.05) is 13.8 Å². The third-order valence-electron chi connectivity index (χ3n) is 9.87. The Morgan fingerprint density at radius 1 is 0.565 bits per heavy atom. The van der Waals surface area contributed by atoms with Crippen molar-refractivity contribution in [3.8, 4) is 11.5 Å². The Morgan fingerprint density at radius 3 is 1.45 bits per heavy atom. The number of ketones is 2. The molecule has 5 aromatic carbocycles. The van der Waals surface area contributed by atoms with Gasteiger partial charge in [-0.1, -0.05) is 35.3 Å². The number of azo groups is 2. The maximum atomic E-state index is 13.6. The predicted octanol–water partition coefficient (Wildman–Crippen LogP) is 11.9. The smallest absolute Gasteiger partial charge is 0.258 e. The van der Waals surface area contributed by atoms with Gasteiger partial charge in [0.05, 0.1) is 35.0 Å². The second-order valence-corrected chi connectivity index (χ2v) is 16.4. The zero-order valence-electron chi connectivity index (χ0n) is 37.5. The molecule has 69 heavy (non-hydrogen) atoms. The number of rotatable bonds is 22. The van der Waals surface area contributed by atoms with Crippen LogP contribution in [0.5, 0.6) is 11.5 Å². The predicted molar refractivity (Wildman–Crippen MR) is 269 cm³/mol. The molecular weight excluding hydrogens is 994 g/mol. The molecule has 0 heterocycles. The molecule has 0 aliphatic carbocycles. The van der Waals surface area contributed by atoms with E-state index >= 15 is 0 Å². The van der Waals surface area contributed by atoms with Crippen LogP contribution in [0.25, 0.3) is 0 Å². The Morgan fingerprint density at radius 2 is 1.03 bits per heavy atom. The van der Waals surface area contributed by atoms with Crippen LogP contribution in [0, 0.1) is 0 Å². The van der Waals surface area contributed by atoms with Crippen molar-refractivity contribution in [2.45, 2.75) is 58.0 Å². The minimum Gasteiger partial charge on any atom is -0.493 e. The van der Waals surface area contributed by atoms with Gasteiger partial charge in [-0.25, -0.2) is 0 Å². The van der Waals surface area contributed by atoms with Crippen LogP contribution in [0.3, 0.4) is 0 Å². The monoisotopic (exact) mass is 1040 g/mol. The Hall–Kier alpha value is -6.43. The van der Waals surface area contributed by atoms with Crippen LogP contribution in [0.2, 0.25) is 10.0 Å². The molecule has 360 valence electrons. The van der Waals surface area contributed by atoms with Crippen molar-refractivity contribution in [1.29, 1.82) is 0 Å². The fraction of sp³-hybridized carbons (Fsp3) is 0.250. The van der Waals surface area contributed by atoms with Crippen molar-refractivity contribution < 1.29 is 38.2 Å². The van der Waals surface area contributed by atoms with Crippen LogP contribution < -0.4 is 30.7 Å². The number of benzene rings is 5. The summed E-state index contributed by atoms with van der Waals surface area (Å²) < 4.78 is 11.3. The van der Waals surface area contributed by atoms with Gasteiger partial charge >= 0.3 is 0 Å². The van der Waals surface area contributed by atoms with Gasteiger partial charge in [0.25, 0.3) is 23.6 Å². The molecule has 0 bridgehead atoms. The van der Waals surface area contributed by atoms with Gasteiger partial charge in [0.1, 0.15) is 22.9 Å². The Bertz CT molecular complexity index is 2810. The SMILES string of the molecule is CCOc1cccc(NC(=O)c2ccc(Cl)c(N=NC(C(C)=O)C(=O)Nc3ccc(NC(=O)C(N=Nc4cc(C(=O)Nc5cccc(OCC)c5CCl)ccc4Cl)C(C)=O)c(CCCl)c3)c2)c1CCl. The summed E-state index contributed by atoms with van der Waals surface area (Å²) in [4.78, 5) is 79.1. The molecule has 4 N–H and O–H groups in total. The fourth-order valence-corrected chi connectivity index (χ4v) is 7.53. The summed E-state index contributed by atoms with van der Waals surface area (Å²) in [7, 11) is 0. The number of Topliss-reactive ketones (excluding diaryl/α,β-unsaturated/α-hetero) is 2. The average molecular weight is 1040 g/mol. The van der Waals surface area contributed by atoms with Crippen LogP contribution in [0.4, 0.5) is 34.1 Å². The van der Waals surface area contributed by atoms with E-state index in [0.29, 0.717) is 52.8 Å². The molecule has 4 amide bonds. The summed E-state index contributed by atoms with van der Waals surface area (Å²) in [6.07, 6.45) is 0.198. The van der Waals surface area contributed by atoms with Crippen LogP contribution in [0.1, 0.15) is 65.1 Å². The summed E-state index contributed by atoms with van der Waals surface area (Å²) in [6.45, 7) is 6.77. The van der Waals surface area contributed by atoms with E-state index in [9.17, 15) is 28.8 Å². The molecule has 5 aromatic rings. The summed E-state index contributed by atoms with van der Waals surface area (Å²) in [5, 5.41) is 27.2. The maximum Gasteiger partial charge on any atom is 0.258 e. The number of alkyl halides is 3. The van der Waals surface area contributed by atoms with Crippen molar-refractivity contribution in [2.75, 3.05) is 40.4 Å². The van der Waals surface area contributed by atoms with Gasteiger partial charge in [-0.15, -0.1) is 34.8 Å². The second-order valence-electron chi connectivity index (χ2n) is 14.7. The molecule has 5 rings (SSSR count). The first kappa shape index (κ1) is 53.5. The van der Waals surface area contributed by atoms with E-state index in [1.54, 1.807) is 36.4 Å². The van der Waals surface area contributed by atoms with Crippen LogP contribution in [0.15, 0.2) is 111 Å². The number of anilines is 4. The number of nitrogens with zero attached hydrogens (tertiary/aromatic N) is 4. The van der Waals surface area contributed by atoms with Crippen molar-refractivity contribution in [3.63, 3.8) is 0 Å². The van der Waals surface area contributed by atoms with Gasteiger partial charge in [0.2, 0.25) is 12.1 Å². The zero-order valence-corrected chi connectivity index (χ0v) is 41.3. The Kier molecular flexibility index (Phi) is 20.0. The summed E-state index contributed by atoms with van der Waals surface area (Å²) in [5.41, 5.74) is 3.28. The number of hydrogen-bond acceptors (Lipinski definition) is 12. The number of hydrogen-bond donors (Lipinski definition) is 4. The molecule has 0 saturated heterocycles. The Balaban J connectivity index is 1.28. The molecule has 0 aliphatic rings. The largest absolute Gasteiger partial charge is 0.493 e. The van der Waals surface area contributed by atoms with Gasteiger partial charge in [0.15, 0.2) is 11.6 Å². The highest BCUT2D eigenvalue weighted by Crippen LogP contribution is 2.33. The molecule has 2 unspecified atom stereocenters. The van der Waals surface area contributed by atoms with Gasteiger partial charge in [-0.3, -0.25) is 28.8 Å². The molecule has 16 nitrogen and oxygen atoms in total. The summed E-state index contributed by atoms with van der Waals surface area (Å²) >= 11 is 31.2. The number of halogens is 5. The minimum atomic E-state index is -1.64. The first-order chi connectivity index (χ1) is 33.1. The maximum absolute atomic E-state index is 13.6. The van der Waals surface area contributed by atoms with E-state index in [0.717, 1.165) is 13.8 Å². The van der Waals surface area contributed by atoms with Crippen molar-refractivity contribution in [1.82, 2.24) is 0 Å². The van der Waals surface area contributed by atoms with Crippen LogP contribution >= 0.6 is 58.0 Å². The molecule has 0 spiro atoms. The fourth-order valence-electron chi connectivity index (χ4n) is 6.46. The first-order valence-corrected chi connectivity index (χ1v) is 23.4. The topological polar surface area (TPSA) is 218 Å². The third-order valence-corrected chi connectivity index (χ3v) is 11.2. The highest BCUT2D eigenvalue weighted by Gasteiger charge is 2.27. The highest BCUT2D eigenvalue weighted by molar-refractivity contribution is 6.33. The Labute approximate surface area is 422 Å². The lowest BCUT2D eigenvalue weighted by Gasteiger charge is -2.16. The second kappa shape index (κ2) is 25.8. The highest BCUT2D eigenvalue weighted by atomic mass is 35.5. The minimum absolute atomic E-state index is 0.0108. The number of aryl methyl sites for hydroxylation is 1. The van der Waals surface area contributed by atoms with E-state index < -0.39 is 47.3 Å². The number of ether oxygens (including phenoxy) is 2. The molecule has 0 saturated carbocycles. The molecule has 0 aliphatic heterocycles. The molecule has 0 radical (unpaired) electrons. The summed E-state index contributed by atoms with van der Waals surface area (Å²) in [5.74, 6) is -2.74. The number of nitrogens with one attached hydrogen (secondary N) is 4. The molecule has 0 aromatic heterocycles. The molecule has 0 fully saturated rings. The first-order valence-electron chi connectivity index (χ1n) is 21.1. The van der Waals surface area contributed by atoms with E-state index in [4.69, 9.17) is 67.5 Å². The van der Waals surface area contributed by atoms with E-state index in [-0.39, 0.29) is 68.0 Å². The van der Waals surface area contributed by atoms with Crippen molar-refractivity contribution in [2.24, 2.45) is 20.5 Å². The van der Waals surface area contributed by atoms with Gasteiger partial charge in [-0.2, -0.15) is 20.5 Å².